The normalized spacial score (nSPS) is 12.7. The molecule has 0 aliphatic carbocycles. The fraction of sp³-hybridized carbons (Fsp3) is 0.588. The third kappa shape index (κ3) is 8.58. The highest BCUT2D eigenvalue weighted by atomic mass is 127. The molecule has 0 aliphatic rings. The Morgan fingerprint density at radius 2 is 1.86 bits per heavy atom. The monoisotopic (exact) mass is 419 g/mol. The summed E-state index contributed by atoms with van der Waals surface area (Å²) in [5.41, 5.74) is 1.15. The van der Waals surface area contributed by atoms with Crippen molar-refractivity contribution in [2.75, 3.05) is 26.7 Å². The molecule has 1 unspecified atom stereocenters. The van der Waals surface area contributed by atoms with E-state index in [0.717, 1.165) is 31.0 Å². The summed E-state index contributed by atoms with van der Waals surface area (Å²) in [6, 6.07) is 10.2. The molecule has 0 fully saturated rings. The van der Waals surface area contributed by atoms with Gasteiger partial charge in [0, 0.05) is 20.2 Å². The van der Waals surface area contributed by atoms with Gasteiger partial charge >= 0.3 is 0 Å². The number of aliphatic imine (C=N–C) groups is 1. The largest absolute Gasteiger partial charge is 0.375 e. The van der Waals surface area contributed by atoms with E-state index < -0.39 is 0 Å². The number of nitrogens with zero attached hydrogens (tertiary/aromatic N) is 1. The van der Waals surface area contributed by atoms with Gasteiger partial charge in [-0.05, 0) is 24.8 Å². The minimum Gasteiger partial charge on any atom is -0.375 e. The second-order valence-corrected chi connectivity index (χ2v) is 5.46. The van der Waals surface area contributed by atoms with Gasteiger partial charge in [-0.15, -0.1) is 24.0 Å². The van der Waals surface area contributed by atoms with Gasteiger partial charge in [0.2, 0.25) is 0 Å². The Balaban J connectivity index is 0.00000441. The van der Waals surface area contributed by atoms with Crippen LogP contribution in [0, 0.1) is 5.92 Å². The first-order valence-corrected chi connectivity index (χ1v) is 7.77. The molecule has 1 rings (SSSR count). The van der Waals surface area contributed by atoms with Crippen LogP contribution in [0.15, 0.2) is 35.3 Å². The van der Waals surface area contributed by atoms with Crippen molar-refractivity contribution in [3.8, 4) is 0 Å². The van der Waals surface area contributed by atoms with E-state index in [9.17, 15) is 0 Å². The predicted octanol–water partition coefficient (Wildman–Crippen LogP) is 3.59. The van der Waals surface area contributed by atoms with Gasteiger partial charge in [0.25, 0.3) is 0 Å². The van der Waals surface area contributed by atoms with Gasteiger partial charge in [-0.1, -0.05) is 44.2 Å². The lowest BCUT2D eigenvalue weighted by molar-refractivity contribution is 0.111. The molecule has 0 heterocycles. The molecule has 4 nitrogen and oxygen atoms in total. The summed E-state index contributed by atoms with van der Waals surface area (Å²) >= 11 is 0. The highest BCUT2D eigenvalue weighted by Crippen LogP contribution is 2.16. The van der Waals surface area contributed by atoms with Crippen LogP contribution in [0.1, 0.15) is 38.9 Å². The van der Waals surface area contributed by atoms with E-state index in [1.165, 1.54) is 0 Å². The van der Waals surface area contributed by atoms with Gasteiger partial charge in [0.1, 0.15) is 6.10 Å². The Morgan fingerprint density at radius 3 is 2.41 bits per heavy atom. The molecule has 0 saturated carbocycles. The highest BCUT2D eigenvalue weighted by molar-refractivity contribution is 14.0. The first kappa shape index (κ1) is 21.2. The van der Waals surface area contributed by atoms with Crippen LogP contribution in [0.3, 0.4) is 0 Å². The summed E-state index contributed by atoms with van der Waals surface area (Å²) in [5, 5.41) is 6.64. The molecule has 5 heteroatoms. The lowest BCUT2D eigenvalue weighted by Crippen LogP contribution is -2.38. The molecule has 1 aromatic rings. The van der Waals surface area contributed by atoms with Gasteiger partial charge in [-0.3, -0.25) is 4.99 Å². The van der Waals surface area contributed by atoms with Crippen LogP contribution in [-0.4, -0.2) is 32.7 Å². The van der Waals surface area contributed by atoms with Gasteiger partial charge < -0.3 is 15.4 Å². The summed E-state index contributed by atoms with van der Waals surface area (Å²) in [7, 11) is 1.73. The zero-order valence-electron chi connectivity index (χ0n) is 14.1. The zero-order chi connectivity index (χ0) is 15.5. The molecule has 0 aliphatic heterocycles. The predicted molar refractivity (Wildman–Crippen MR) is 105 cm³/mol. The number of hydrogen-bond acceptors (Lipinski definition) is 2. The van der Waals surface area contributed by atoms with E-state index >= 15 is 0 Å². The Hall–Kier alpha value is -0.820. The Labute approximate surface area is 152 Å². The number of ether oxygens (including phenoxy) is 1. The Morgan fingerprint density at radius 1 is 1.18 bits per heavy atom. The van der Waals surface area contributed by atoms with Gasteiger partial charge in [-0.2, -0.15) is 0 Å². The van der Waals surface area contributed by atoms with Crippen LogP contribution >= 0.6 is 24.0 Å². The minimum atomic E-state index is -0.00763. The van der Waals surface area contributed by atoms with Crippen LogP contribution in [0.25, 0.3) is 0 Å². The quantitative estimate of drug-likeness (QED) is 0.385. The third-order valence-corrected chi connectivity index (χ3v) is 3.23. The van der Waals surface area contributed by atoms with Crippen molar-refractivity contribution >= 4 is 29.9 Å². The average molecular weight is 419 g/mol. The molecule has 1 aromatic carbocycles. The van der Waals surface area contributed by atoms with E-state index in [1.54, 1.807) is 7.11 Å². The summed E-state index contributed by atoms with van der Waals surface area (Å²) in [6.07, 6.45) is 1.13. The maximum absolute atomic E-state index is 5.54. The van der Waals surface area contributed by atoms with E-state index in [2.05, 4.69) is 48.5 Å². The number of guanidine groups is 1. The Bertz CT molecular complexity index is 410. The summed E-state index contributed by atoms with van der Waals surface area (Å²) < 4.78 is 5.54. The fourth-order valence-electron chi connectivity index (χ4n) is 1.98. The van der Waals surface area contributed by atoms with Gasteiger partial charge in [0.15, 0.2) is 5.96 Å². The molecule has 0 bridgehead atoms. The van der Waals surface area contributed by atoms with E-state index in [0.29, 0.717) is 12.5 Å². The number of benzene rings is 1. The van der Waals surface area contributed by atoms with Crippen molar-refractivity contribution in [3.63, 3.8) is 0 Å². The van der Waals surface area contributed by atoms with Gasteiger partial charge in [0.05, 0.1) is 6.54 Å². The van der Waals surface area contributed by atoms with Crippen LogP contribution in [-0.2, 0) is 4.74 Å². The molecule has 126 valence electrons. The molecular formula is C17H30IN3O. The van der Waals surface area contributed by atoms with Gasteiger partial charge in [-0.25, -0.2) is 0 Å². The summed E-state index contributed by atoms with van der Waals surface area (Å²) in [4.78, 5) is 4.63. The van der Waals surface area contributed by atoms with Crippen molar-refractivity contribution in [2.45, 2.75) is 33.3 Å². The van der Waals surface area contributed by atoms with Crippen LogP contribution < -0.4 is 10.6 Å². The number of halogens is 1. The molecule has 2 N–H and O–H groups in total. The topological polar surface area (TPSA) is 45.7 Å². The van der Waals surface area contributed by atoms with E-state index in [-0.39, 0.29) is 30.1 Å². The van der Waals surface area contributed by atoms with Crippen molar-refractivity contribution in [1.82, 2.24) is 10.6 Å². The number of nitrogens with one attached hydrogen (secondary N) is 2. The zero-order valence-corrected chi connectivity index (χ0v) is 16.5. The van der Waals surface area contributed by atoms with Crippen molar-refractivity contribution in [3.05, 3.63) is 35.9 Å². The molecule has 0 spiro atoms. The van der Waals surface area contributed by atoms with Crippen LogP contribution in [0.5, 0.6) is 0 Å². The third-order valence-electron chi connectivity index (χ3n) is 3.23. The standard InChI is InChI=1S/C17H29N3O.HI/c1-5-18-17(19-12-11-14(2)3)20-13-16(21-4)15-9-7-6-8-10-15;/h6-10,14,16H,5,11-13H2,1-4H3,(H2,18,19,20);1H. The van der Waals surface area contributed by atoms with Crippen molar-refractivity contribution in [2.24, 2.45) is 10.9 Å². The molecule has 0 radical (unpaired) electrons. The smallest absolute Gasteiger partial charge is 0.191 e. The second kappa shape index (κ2) is 12.7. The molecule has 0 saturated heterocycles. The maximum atomic E-state index is 5.54. The molecule has 0 aromatic heterocycles. The SMILES string of the molecule is CCNC(=NCC(OC)c1ccccc1)NCCC(C)C.I. The molecule has 0 amide bonds. The van der Waals surface area contributed by atoms with E-state index in [1.807, 2.05) is 18.2 Å². The molecule has 22 heavy (non-hydrogen) atoms. The summed E-state index contributed by atoms with van der Waals surface area (Å²) in [6.45, 7) is 8.93. The number of hydrogen-bond donors (Lipinski definition) is 2. The average Bonchev–Trinajstić information content (AvgIpc) is 2.48. The fourth-order valence-corrected chi connectivity index (χ4v) is 1.98. The lowest BCUT2D eigenvalue weighted by atomic mass is 10.1. The number of rotatable bonds is 8. The summed E-state index contributed by atoms with van der Waals surface area (Å²) in [5.74, 6) is 1.55. The highest BCUT2D eigenvalue weighted by Gasteiger charge is 2.09. The van der Waals surface area contributed by atoms with Crippen LogP contribution in [0.2, 0.25) is 0 Å². The number of methoxy groups -OCH3 is 1. The minimum absolute atomic E-state index is 0. The first-order chi connectivity index (χ1) is 10.2. The second-order valence-electron chi connectivity index (χ2n) is 5.46. The Kier molecular flexibility index (Phi) is 12.2. The van der Waals surface area contributed by atoms with Crippen molar-refractivity contribution in [1.29, 1.82) is 0 Å². The van der Waals surface area contributed by atoms with Crippen molar-refractivity contribution < 1.29 is 4.74 Å². The molecular weight excluding hydrogens is 389 g/mol. The van der Waals surface area contributed by atoms with Crippen LogP contribution in [0.4, 0.5) is 0 Å². The lowest BCUT2D eigenvalue weighted by Gasteiger charge is -2.16. The van der Waals surface area contributed by atoms with E-state index in [4.69, 9.17) is 4.74 Å². The molecule has 1 atom stereocenters. The maximum Gasteiger partial charge on any atom is 0.191 e. The first-order valence-electron chi connectivity index (χ1n) is 7.77.